The molecule has 1 aliphatic heterocycles. The summed E-state index contributed by atoms with van der Waals surface area (Å²) < 4.78 is 5.71. The normalized spacial score (nSPS) is 29.9. The SMILES string of the molecule is CCC(O)(CC)CNC(=O)NC1CCCC2OCCC12. The minimum absolute atomic E-state index is 0.164. The van der Waals surface area contributed by atoms with E-state index in [1.807, 2.05) is 13.8 Å². The van der Waals surface area contributed by atoms with E-state index in [1.54, 1.807) is 0 Å². The monoisotopic (exact) mass is 284 g/mol. The fraction of sp³-hybridized carbons (Fsp3) is 0.933. The van der Waals surface area contributed by atoms with Gasteiger partial charge in [-0.25, -0.2) is 4.79 Å². The van der Waals surface area contributed by atoms with Crippen molar-refractivity contribution < 1.29 is 14.6 Å². The number of amides is 2. The van der Waals surface area contributed by atoms with Crippen molar-refractivity contribution in [3.63, 3.8) is 0 Å². The van der Waals surface area contributed by atoms with Crippen LogP contribution in [0, 0.1) is 5.92 Å². The van der Waals surface area contributed by atoms with Crippen molar-refractivity contribution in [1.29, 1.82) is 0 Å². The van der Waals surface area contributed by atoms with Crippen LogP contribution in [0.2, 0.25) is 0 Å². The maximum Gasteiger partial charge on any atom is 0.315 e. The number of carbonyl (C=O) groups excluding carboxylic acids is 1. The Bertz CT molecular complexity index is 331. The molecule has 1 saturated carbocycles. The summed E-state index contributed by atoms with van der Waals surface area (Å²) >= 11 is 0. The Morgan fingerprint density at radius 2 is 2.05 bits per heavy atom. The molecule has 1 aliphatic carbocycles. The molecule has 0 aromatic heterocycles. The van der Waals surface area contributed by atoms with Crippen LogP contribution in [0.3, 0.4) is 0 Å². The first-order chi connectivity index (χ1) is 9.58. The second kappa shape index (κ2) is 6.76. The molecule has 2 aliphatic rings. The standard InChI is InChI=1S/C15H28N2O3/c1-3-15(19,4-2)10-16-14(18)17-12-6-5-7-13-11(12)8-9-20-13/h11-13,19H,3-10H2,1-2H3,(H2,16,17,18). The Morgan fingerprint density at radius 1 is 1.30 bits per heavy atom. The minimum atomic E-state index is -0.789. The van der Waals surface area contributed by atoms with Crippen LogP contribution in [0.15, 0.2) is 0 Å². The first-order valence-corrected chi connectivity index (χ1v) is 7.96. The van der Waals surface area contributed by atoms with Crippen molar-refractivity contribution in [3.05, 3.63) is 0 Å². The third-order valence-corrected chi connectivity index (χ3v) is 4.99. The van der Waals surface area contributed by atoms with E-state index in [1.165, 1.54) is 0 Å². The number of aliphatic hydroxyl groups is 1. The van der Waals surface area contributed by atoms with Gasteiger partial charge in [0.1, 0.15) is 0 Å². The summed E-state index contributed by atoms with van der Waals surface area (Å²) in [6.45, 7) is 5.00. The van der Waals surface area contributed by atoms with Gasteiger partial charge in [-0.15, -0.1) is 0 Å². The van der Waals surface area contributed by atoms with E-state index in [9.17, 15) is 9.90 Å². The minimum Gasteiger partial charge on any atom is -0.388 e. The summed E-state index contributed by atoms with van der Waals surface area (Å²) in [4.78, 5) is 12.0. The van der Waals surface area contributed by atoms with Crippen LogP contribution in [0.4, 0.5) is 4.79 Å². The van der Waals surface area contributed by atoms with Gasteiger partial charge >= 0.3 is 6.03 Å². The summed E-state index contributed by atoms with van der Waals surface area (Å²) in [6.07, 6.45) is 5.93. The fourth-order valence-corrected chi connectivity index (χ4v) is 3.32. The van der Waals surface area contributed by atoms with Crippen LogP contribution < -0.4 is 10.6 Å². The fourth-order valence-electron chi connectivity index (χ4n) is 3.32. The lowest BCUT2D eigenvalue weighted by molar-refractivity contribution is 0.0339. The molecule has 2 fully saturated rings. The molecule has 3 atom stereocenters. The molecule has 0 aromatic rings. The van der Waals surface area contributed by atoms with E-state index >= 15 is 0 Å². The van der Waals surface area contributed by atoms with E-state index < -0.39 is 5.60 Å². The highest BCUT2D eigenvalue weighted by Gasteiger charge is 2.38. The van der Waals surface area contributed by atoms with Gasteiger partial charge in [0.2, 0.25) is 0 Å². The second-order valence-corrected chi connectivity index (χ2v) is 6.16. The van der Waals surface area contributed by atoms with Crippen molar-refractivity contribution >= 4 is 6.03 Å². The summed E-state index contributed by atoms with van der Waals surface area (Å²) in [7, 11) is 0. The highest BCUT2D eigenvalue weighted by Crippen LogP contribution is 2.34. The third kappa shape index (κ3) is 3.64. The smallest absolute Gasteiger partial charge is 0.315 e. The zero-order valence-corrected chi connectivity index (χ0v) is 12.7. The van der Waals surface area contributed by atoms with Crippen molar-refractivity contribution in [1.82, 2.24) is 10.6 Å². The molecule has 0 radical (unpaired) electrons. The Labute approximate surface area is 121 Å². The first kappa shape index (κ1) is 15.6. The number of rotatable bonds is 5. The van der Waals surface area contributed by atoms with E-state index in [0.717, 1.165) is 32.3 Å². The molecular formula is C15H28N2O3. The Morgan fingerprint density at radius 3 is 2.75 bits per heavy atom. The molecule has 0 bridgehead atoms. The molecule has 20 heavy (non-hydrogen) atoms. The van der Waals surface area contributed by atoms with Crippen molar-refractivity contribution in [2.24, 2.45) is 5.92 Å². The molecule has 1 heterocycles. The molecule has 0 aromatic carbocycles. The van der Waals surface area contributed by atoms with Gasteiger partial charge in [-0.1, -0.05) is 13.8 Å². The lowest BCUT2D eigenvalue weighted by atomic mass is 9.82. The maximum absolute atomic E-state index is 12.0. The number of hydrogen-bond acceptors (Lipinski definition) is 3. The number of nitrogens with one attached hydrogen (secondary N) is 2. The third-order valence-electron chi connectivity index (χ3n) is 4.99. The zero-order chi connectivity index (χ0) is 14.6. The van der Waals surface area contributed by atoms with Crippen LogP contribution >= 0.6 is 0 Å². The van der Waals surface area contributed by atoms with Crippen molar-refractivity contribution in [3.8, 4) is 0 Å². The summed E-state index contributed by atoms with van der Waals surface area (Å²) in [6, 6.07) is 0.0514. The van der Waals surface area contributed by atoms with E-state index in [-0.39, 0.29) is 12.1 Å². The molecule has 0 spiro atoms. The van der Waals surface area contributed by atoms with Crippen LogP contribution in [0.5, 0.6) is 0 Å². The van der Waals surface area contributed by atoms with Crippen LogP contribution in [0.25, 0.3) is 0 Å². The van der Waals surface area contributed by atoms with E-state index in [2.05, 4.69) is 10.6 Å². The summed E-state index contributed by atoms with van der Waals surface area (Å²) in [5, 5.41) is 16.1. The van der Waals surface area contributed by atoms with E-state index in [4.69, 9.17) is 4.74 Å². The van der Waals surface area contributed by atoms with Gasteiger partial charge < -0.3 is 20.5 Å². The molecule has 5 heteroatoms. The van der Waals surface area contributed by atoms with Crippen LogP contribution in [-0.2, 0) is 4.74 Å². The largest absolute Gasteiger partial charge is 0.388 e. The predicted molar refractivity (Wildman–Crippen MR) is 77.6 cm³/mol. The maximum atomic E-state index is 12.0. The molecule has 116 valence electrons. The van der Waals surface area contributed by atoms with Crippen LogP contribution in [0.1, 0.15) is 52.4 Å². The highest BCUT2D eigenvalue weighted by molar-refractivity contribution is 5.74. The summed E-state index contributed by atoms with van der Waals surface area (Å²) in [5.41, 5.74) is -0.789. The molecule has 5 nitrogen and oxygen atoms in total. The number of ether oxygens (including phenoxy) is 1. The van der Waals surface area contributed by atoms with Crippen LogP contribution in [-0.4, -0.2) is 42.0 Å². The Kier molecular flexibility index (Phi) is 5.27. The molecule has 3 N–H and O–H groups in total. The average molecular weight is 284 g/mol. The Hall–Kier alpha value is -0.810. The highest BCUT2D eigenvalue weighted by atomic mass is 16.5. The molecule has 1 saturated heterocycles. The topological polar surface area (TPSA) is 70.6 Å². The zero-order valence-electron chi connectivity index (χ0n) is 12.7. The lowest BCUT2D eigenvalue weighted by Crippen LogP contribution is -2.52. The van der Waals surface area contributed by atoms with Gasteiger partial charge in [-0.2, -0.15) is 0 Å². The van der Waals surface area contributed by atoms with Gasteiger partial charge in [0.25, 0.3) is 0 Å². The summed E-state index contributed by atoms with van der Waals surface area (Å²) in [5.74, 6) is 0.464. The number of hydrogen-bond donors (Lipinski definition) is 3. The Balaban J connectivity index is 1.79. The molecular weight excluding hydrogens is 256 g/mol. The predicted octanol–water partition coefficient (Wildman–Crippen LogP) is 1.79. The quantitative estimate of drug-likeness (QED) is 0.721. The first-order valence-electron chi connectivity index (χ1n) is 7.96. The number of fused-ring (bicyclic) bond motifs is 1. The molecule has 3 unspecified atom stereocenters. The van der Waals surface area contributed by atoms with E-state index in [0.29, 0.717) is 31.4 Å². The van der Waals surface area contributed by atoms with Crippen molar-refractivity contribution in [2.45, 2.75) is 70.1 Å². The second-order valence-electron chi connectivity index (χ2n) is 6.16. The van der Waals surface area contributed by atoms with Gasteiger partial charge in [0, 0.05) is 25.1 Å². The van der Waals surface area contributed by atoms with Gasteiger partial charge in [-0.3, -0.25) is 0 Å². The molecule has 2 amide bonds. The van der Waals surface area contributed by atoms with Crippen molar-refractivity contribution in [2.75, 3.05) is 13.2 Å². The van der Waals surface area contributed by atoms with Gasteiger partial charge in [-0.05, 0) is 38.5 Å². The average Bonchev–Trinajstić information content (AvgIpc) is 2.94. The lowest BCUT2D eigenvalue weighted by Gasteiger charge is -2.33. The van der Waals surface area contributed by atoms with Gasteiger partial charge in [0.15, 0.2) is 0 Å². The number of urea groups is 1. The number of carbonyl (C=O) groups is 1. The van der Waals surface area contributed by atoms with Gasteiger partial charge in [0.05, 0.1) is 11.7 Å². The molecule has 2 rings (SSSR count).